The molecule has 2 heterocycles. The van der Waals surface area contributed by atoms with Gasteiger partial charge in [0.1, 0.15) is 6.04 Å². The summed E-state index contributed by atoms with van der Waals surface area (Å²) >= 11 is 6.11. The summed E-state index contributed by atoms with van der Waals surface area (Å²) in [5, 5.41) is 6.42. The zero-order valence-corrected chi connectivity index (χ0v) is 14.3. The third-order valence-corrected chi connectivity index (χ3v) is 5.15. The van der Waals surface area contributed by atoms with Crippen molar-refractivity contribution in [3.8, 4) is 0 Å². The van der Waals surface area contributed by atoms with Gasteiger partial charge in [-0.05, 0) is 42.7 Å². The number of benzene rings is 2. The Morgan fingerprint density at radius 1 is 1.28 bits per heavy atom. The van der Waals surface area contributed by atoms with Crippen molar-refractivity contribution in [2.45, 2.75) is 25.4 Å². The van der Waals surface area contributed by atoms with Gasteiger partial charge in [-0.2, -0.15) is 0 Å². The first-order chi connectivity index (χ1) is 12.1. The lowest BCUT2D eigenvalue weighted by molar-refractivity contribution is -0.117. The third-order valence-electron chi connectivity index (χ3n) is 4.78. The number of rotatable bonds is 3. The van der Waals surface area contributed by atoms with Gasteiger partial charge in [-0.1, -0.05) is 29.8 Å². The highest BCUT2D eigenvalue weighted by atomic mass is 35.5. The molecule has 2 aliphatic heterocycles. The fraction of sp³-hybridized carbons (Fsp3) is 0.263. The lowest BCUT2D eigenvalue weighted by Crippen LogP contribution is -2.44. The van der Waals surface area contributed by atoms with E-state index in [9.17, 15) is 9.59 Å². The van der Waals surface area contributed by atoms with Gasteiger partial charge in [0, 0.05) is 23.7 Å². The molecule has 1 saturated heterocycles. The van der Waals surface area contributed by atoms with Crippen LogP contribution in [-0.2, 0) is 11.3 Å². The van der Waals surface area contributed by atoms with Crippen molar-refractivity contribution in [3.63, 3.8) is 0 Å². The van der Waals surface area contributed by atoms with Crippen LogP contribution in [0, 0.1) is 0 Å². The van der Waals surface area contributed by atoms with E-state index in [0.717, 1.165) is 30.6 Å². The Morgan fingerprint density at radius 3 is 2.96 bits per heavy atom. The average Bonchev–Trinajstić information content (AvgIpc) is 3.11. The highest BCUT2D eigenvalue weighted by molar-refractivity contribution is 6.31. The van der Waals surface area contributed by atoms with Crippen LogP contribution >= 0.6 is 11.6 Å². The van der Waals surface area contributed by atoms with E-state index in [0.29, 0.717) is 22.8 Å². The average molecular weight is 356 g/mol. The minimum absolute atomic E-state index is 0.0126. The van der Waals surface area contributed by atoms with E-state index in [4.69, 9.17) is 11.6 Å². The summed E-state index contributed by atoms with van der Waals surface area (Å²) in [5.41, 5.74) is 3.07. The first-order valence-electron chi connectivity index (χ1n) is 8.36. The molecule has 0 aromatic heterocycles. The standard InChI is InChI=1S/C19H18ClN3O2/c20-14-5-2-1-4-13(14)11-21-18(24)12-7-8-16-15(10-12)22-19(25)17-6-3-9-23(16)17/h1-2,4-5,7-8,10,17H,3,6,9,11H2,(H,21,24)(H,22,25)/t17-/m0/s1. The van der Waals surface area contributed by atoms with Gasteiger partial charge in [0.2, 0.25) is 5.91 Å². The van der Waals surface area contributed by atoms with Crippen molar-refractivity contribution in [1.82, 2.24) is 5.32 Å². The van der Waals surface area contributed by atoms with Crippen LogP contribution in [0.2, 0.25) is 5.02 Å². The number of nitrogens with one attached hydrogen (secondary N) is 2. The van der Waals surface area contributed by atoms with Crippen LogP contribution in [0.15, 0.2) is 42.5 Å². The Hall–Kier alpha value is -2.53. The maximum absolute atomic E-state index is 12.4. The number of anilines is 2. The second-order valence-electron chi connectivity index (χ2n) is 6.35. The molecule has 4 rings (SSSR count). The zero-order chi connectivity index (χ0) is 17.4. The zero-order valence-electron chi connectivity index (χ0n) is 13.6. The van der Waals surface area contributed by atoms with Crippen LogP contribution in [0.5, 0.6) is 0 Å². The van der Waals surface area contributed by atoms with E-state index in [1.807, 2.05) is 24.3 Å². The normalized spacial score (nSPS) is 18.4. The molecular formula is C19H18ClN3O2. The molecule has 25 heavy (non-hydrogen) atoms. The van der Waals surface area contributed by atoms with Gasteiger partial charge in [-0.25, -0.2) is 0 Å². The van der Waals surface area contributed by atoms with Gasteiger partial charge in [0.15, 0.2) is 0 Å². The summed E-state index contributed by atoms with van der Waals surface area (Å²) in [5.74, 6) is -0.181. The van der Waals surface area contributed by atoms with Crippen LogP contribution < -0.4 is 15.5 Å². The van der Waals surface area contributed by atoms with Crippen LogP contribution in [0.3, 0.4) is 0 Å². The molecule has 6 heteroatoms. The molecule has 128 valence electrons. The first kappa shape index (κ1) is 16.0. The summed E-state index contributed by atoms with van der Waals surface area (Å²) in [6.07, 6.45) is 1.89. The predicted molar refractivity (Wildman–Crippen MR) is 98.1 cm³/mol. The predicted octanol–water partition coefficient (Wildman–Crippen LogP) is 3.19. The van der Waals surface area contributed by atoms with Crippen molar-refractivity contribution in [3.05, 3.63) is 58.6 Å². The molecule has 2 N–H and O–H groups in total. The number of carbonyl (C=O) groups is 2. The highest BCUT2D eigenvalue weighted by Gasteiger charge is 2.36. The molecule has 1 fully saturated rings. The minimum Gasteiger partial charge on any atom is -0.358 e. The summed E-state index contributed by atoms with van der Waals surface area (Å²) in [6, 6.07) is 12.8. The fourth-order valence-corrected chi connectivity index (χ4v) is 3.69. The summed E-state index contributed by atoms with van der Waals surface area (Å²) in [7, 11) is 0. The SMILES string of the molecule is O=C(NCc1ccccc1Cl)c1ccc2c(c1)NC(=O)[C@@H]1CCCN21. The Balaban J connectivity index is 1.52. The number of hydrogen-bond acceptors (Lipinski definition) is 3. The topological polar surface area (TPSA) is 61.4 Å². The molecule has 1 atom stereocenters. The second-order valence-corrected chi connectivity index (χ2v) is 6.75. The van der Waals surface area contributed by atoms with Crippen LogP contribution in [0.1, 0.15) is 28.8 Å². The van der Waals surface area contributed by atoms with E-state index >= 15 is 0 Å². The summed E-state index contributed by atoms with van der Waals surface area (Å²) in [6.45, 7) is 1.24. The summed E-state index contributed by atoms with van der Waals surface area (Å²) in [4.78, 5) is 26.8. The van der Waals surface area contributed by atoms with Crippen LogP contribution in [-0.4, -0.2) is 24.4 Å². The Labute approximate surface area is 151 Å². The van der Waals surface area contributed by atoms with Crippen molar-refractivity contribution >= 4 is 34.8 Å². The third kappa shape index (κ3) is 2.96. The number of amides is 2. The molecule has 0 bridgehead atoms. The first-order valence-corrected chi connectivity index (χ1v) is 8.74. The number of halogens is 1. The number of fused-ring (bicyclic) bond motifs is 3. The molecule has 2 aromatic rings. The highest BCUT2D eigenvalue weighted by Crippen LogP contribution is 2.37. The van der Waals surface area contributed by atoms with Gasteiger partial charge < -0.3 is 15.5 Å². The monoisotopic (exact) mass is 355 g/mol. The number of nitrogens with zero attached hydrogens (tertiary/aromatic N) is 1. The van der Waals surface area contributed by atoms with Gasteiger partial charge in [0.25, 0.3) is 5.91 Å². The van der Waals surface area contributed by atoms with E-state index in [1.165, 1.54) is 0 Å². The largest absolute Gasteiger partial charge is 0.358 e. The molecule has 0 radical (unpaired) electrons. The Bertz CT molecular complexity index is 852. The van der Waals surface area contributed by atoms with E-state index in [-0.39, 0.29) is 17.9 Å². The fourth-order valence-electron chi connectivity index (χ4n) is 3.49. The van der Waals surface area contributed by atoms with Crippen molar-refractivity contribution in [2.75, 3.05) is 16.8 Å². The van der Waals surface area contributed by atoms with Gasteiger partial charge >= 0.3 is 0 Å². The van der Waals surface area contributed by atoms with E-state index in [2.05, 4.69) is 15.5 Å². The lowest BCUT2D eigenvalue weighted by Gasteiger charge is -2.33. The van der Waals surface area contributed by atoms with Crippen molar-refractivity contribution in [2.24, 2.45) is 0 Å². The van der Waals surface area contributed by atoms with Gasteiger partial charge in [-0.3, -0.25) is 9.59 Å². The number of hydrogen-bond donors (Lipinski definition) is 2. The van der Waals surface area contributed by atoms with E-state index < -0.39 is 0 Å². The molecular weight excluding hydrogens is 338 g/mol. The summed E-state index contributed by atoms with van der Waals surface area (Å²) < 4.78 is 0. The Kier molecular flexibility index (Phi) is 4.09. The van der Waals surface area contributed by atoms with Crippen LogP contribution in [0.25, 0.3) is 0 Å². The number of carbonyl (C=O) groups excluding carboxylic acids is 2. The molecule has 0 saturated carbocycles. The van der Waals surface area contributed by atoms with Crippen LogP contribution in [0.4, 0.5) is 11.4 Å². The molecule has 2 aliphatic rings. The quantitative estimate of drug-likeness (QED) is 0.888. The Morgan fingerprint density at radius 2 is 2.12 bits per heavy atom. The molecule has 0 aliphatic carbocycles. The molecule has 2 amide bonds. The lowest BCUT2D eigenvalue weighted by atomic mass is 10.1. The van der Waals surface area contributed by atoms with Gasteiger partial charge in [-0.15, -0.1) is 0 Å². The van der Waals surface area contributed by atoms with Crippen molar-refractivity contribution in [1.29, 1.82) is 0 Å². The molecule has 0 unspecified atom stereocenters. The maximum atomic E-state index is 12.4. The second kappa shape index (κ2) is 6.41. The molecule has 0 spiro atoms. The maximum Gasteiger partial charge on any atom is 0.251 e. The van der Waals surface area contributed by atoms with Crippen molar-refractivity contribution < 1.29 is 9.59 Å². The smallest absolute Gasteiger partial charge is 0.251 e. The molecule has 5 nitrogen and oxygen atoms in total. The molecule has 2 aromatic carbocycles. The van der Waals surface area contributed by atoms with Gasteiger partial charge in [0.05, 0.1) is 11.4 Å². The minimum atomic E-state index is -0.194. The van der Waals surface area contributed by atoms with E-state index in [1.54, 1.807) is 18.2 Å².